The zero-order valence-electron chi connectivity index (χ0n) is 11.6. The summed E-state index contributed by atoms with van der Waals surface area (Å²) in [5.41, 5.74) is 4.99. The van der Waals surface area contributed by atoms with E-state index in [4.69, 9.17) is 0 Å². The predicted octanol–water partition coefficient (Wildman–Crippen LogP) is 3.27. The van der Waals surface area contributed by atoms with E-state index in [1.165, 1.54) is 29.7 Å². The molecule has 0 radical (unpaired) electrons. The maximum Gasteiger partial charge on any atom is 0.0638 e. The monoisotopic (exact) mass is 255 g/mol. The highest BCUT2D eigenvalue weighted by Crippen LogP contribution is 2.41. The third-order valence-electron chi connectivity index (χ3n) is 4.03. The first-order chi connectivity index (χ1) is 9.25. The summed E-state index contributed by atoms with van der Waals surface area (Å²) in [4.78, 5) is 0. The summed E-state index contributed by atoms with van der Waals surface area (Å²) in [6.45, 7) is 5.05. The number of H-pyrrole nitrogens is 1. The molecule has 1 heterocycles. The van der Waals surface area contributed by atoms with E-state index in [-0.39, 0.29) is 0 Å². The van der Waals surface area contributed by atoms with Crippen LogP contribution in [0.15, 0.2) is 30.3 Å². The molecule has 0 amide bonds. The van der Waals surface area contributed by atoms with Gasteiger partial charge in [0.25, 0.3) is 0 Å². The van der Waals surface area contributed by atoms with Crippen LogP contribution in [0.2, 0.25) is 0 Å². The number of benzene rings is 1. The van der Waals surface area contributed by atoms with Crippen LogP contribution in [0.5, 0.6) is 0 Å². The van der Waals surface area contributed by atoms with E-state index in [2.05, 4.69) is 59.7 Å². The fourth-order valence-corrected chi connectivity index (χ4v) is 2.69. The normalized spacial score (nSPS) is 16.5. The van der Waals surface area contributed by atoms with Gasteiger partial charge < -0.3 is 5.32 Å². The van der Waals surface area contributed by atoms with E-state index in [1.54, 1.807) is 0 Å². The van der Waals surface area contributed by atoms with Gasteiger partial charge in [0.15, 0.2) is 0 Å². The van der Waals surface area contributed by atoms with Crippen LogP contribution in [0.1, 0.15) is 41.4 Å². The Hall–Kier alpha value is -1.61. The van der Waals surface area contributed by atoms with Crippen molar-refractivity contribution in [2.75, 3.05) is 0 Å². The van der Waals surface area contributed by atoms with Crippen LogP contribution in [0.3, 0.4) is 0 Å². The Bertz CT molecular complexity index is 521. The van der Waals surface area contributed by atoms with Crippen LogP contribution >= 0.6 is 0 Å². The van der Waals surface area contributed by atoms with Crippen LogP contribution < -0.4 is 5.32 Å². The second kappa shape index (κ2) is 5.17. The van der Waals surface area contributed by atoms with E-state index < -0.39 is 0 Å². The molecule has 2 N–H and O–H groups in total. The molecular weight excluding hydrogens is 234 g/mol. The molecule has 1 fully saturated rings. The first-order valence-electron chi connectivity index (χ1n) is 7.04. The first kappa shape index (κ1) is 12.4. The van der Waals surface area contributed by atoms with Gasteiger partial charge in [-0.1, -0.05) is 30.3 Å². The first-order valence-corrected chi connectivity index (χ1v) is 7.04. The van der Waals surface area contributed by atoms with Crippen molar-refractivity contribution in [2.24, 2.45) is 5.92 Å². The smallest absolute Gasteiger partial charge is 0.0638 e. The molecule has 1 aromatic heterocycles. The Kier molecular flexibility index (Phi) is 3.38. The summed E-state index contributed by atoms with van der Waals surface area (Å²) in [5.74, 6) is 0.801. The van der Waals surface area contributed by atoms with Gasteiger partial charge in [0.05, 0.1) is 5.69 Å². The quantitative estimate of drug-likeness (QED) is 0.861. The number of nitrogens with zero attached hydrogens (tertiary/aromatic N) is 1. The summed E-state index contributed by atoms with van der Waals surface area (Å²) < 4.78 is 0. The number of rotatable bonds is 5. The van der Waals surface area contributed by atoms with Gasteiger partial charge in [0.1, 0.15) is 0 Å². The molecule has 1 atom stereocenters. The van der Waals surface area contributed by atoms with Crippen LogP contribution in [0.4, 0.5) is 0 Å². The maximum absolute atomic E-state index is 4.26. The molecule has 0 saturated heterocycles. The average molecular weight is 255 g/mol. The van der Waals surface area contributed by atoms with Gasteiger partial charge >= 0.3 is 0 Å². The van der Waals surface area contributed by atoms with Crippen molar-refractivity contribution < 1.29 is 0 Å². The molecule has 0 spiro atoms. The Morgan fingerprint density at radius 2 is 2.00 bits per heavy atom. The molecule has 3 nitrogen and oxygen atoms in total. The van der Waals surface area contributed by atoms with E-state index in [0.717, 1.165) is 18.2 Å². The molecule has 1 unspecified atom stereocenters. The average Bonchev–Trinajstić information content (AvgIpc) is 3.21. The molecule has 1 saturated carbocycles. The van der Waals surface area contributed by atoms with Crippen molar-refractivity contribution in [3.05, 3.63) is 52.8 Å². The molecule has 0 aliphatic heterocycles. The Morgan fingerprint density at radius 3 is 2.58 bits per heavy atom. The van der Waals surface area contributed by atoms with E-state index in [9.17, 15) is 0 Å². The highest BCUT2D eigenvalue weighted by atomic mass is 15.1. The number of aryl methyl sites for hydroxylation is 2. The van der Waals surface area contributed by atoms with Gasteiger partial charge in [-0.3, -0.25) is 5.10 Å². The Morgan fingerprint density at radius 1 is 1.26 bits per heavy atom. The number of aromatic nitrogens is 2. The molecule has 19 heavy (non-hydrogen) atoms. The van der Waals surface area contributed by atoms with E-state index >= 15 is 0 Å². The molecule has 1 aromatic carbocycles. The van der Waals surface area contributed by atoms with Gasteiger partial charge in [-0.15, -0.1) is 0 Å². The van der Waals surface area contributed by atoms with Gasteiger partial charge in [-0.05, 0) is 38.2 Å². The number of hydrogen-bond acceptors (Lipinski definition) is 2. The minimum atomic E-state index is 0.481. The lowest BCUT2D eigenvalue weighted by Gasteiger charge is -2.19. The Labute approximate surface area is 114 Å². The van der Waals surface area contributed by atoms with Crippen LogP contribution in [0, 0.1) is 19.8 Å². The topological polar surface area (TPSA) is 40.7 Å². The highest BCUT2D eigenvalue weighted by Gasteiger charge is 2.32. The second-order valence-electron chi connectivity index (χ2n) is 5.52. The van der Waals surface area contributed by atoms with Crippen molar-refractivity contribution >= 4 is 0 Å². The lowest BCUT2D eigenvalue weighted by molar-refractivity contribution is 0.479. The summed E-state index contributed by atoms with van der Waals surface area (Å²) in [6.07, 6.45) is 2.69. The zero-order valence-corrected chi connectivity index (χ0v) is 11.6. The van der Waals surface area contributed by atoms with Crippen LogP contribution in [-0.2, 0) is 6.54 Å². The third-order valence-corrected chi connectivity index (χ3v) is 4.03. The van der Waals surface area contributed by atoms with Gasteiger partial charge in [0, 0.05) is 23.8 Å². The molecule has 3 rings (SSSR count). The van der Waals surface area contributed by atoms with E-state index in [1.807, 2.05) is 0 Å². The molecule has 0 bridgehead atoms. The van der Waals surface area contributed by atoms with Crippen molar-refractivity contribution in [1.82, 2.24) is 15.5 Å². The summed E-state index contributed by atoms with van der Waals surface area (Å²) >= 11 is 0. The molecule has 2 aromatic rings. The minimum Gasteiger partial charge on any atom is -0.305 e. The van der Waals surface area contributed by atoms with Gasteiger partial charge in [-0.2, -0.15) is 5.10 Å². The molecular formula is C16H21N3. The van der Waals surface area contributed by atoms with Crippen molar-refractivity contribution in [2.45, 2.75) is 39.3 Å². The van der Waals surface area contributed by atoms with Crippen molar-refractivity contribution in [3.8, 4) is 0 Å². The van der Waals surface area contributed by atoms with Crippen LogP contribution in [-0.4, -0.2) is 10.2 Å². The SMILES string of the molecule is Cc1n[nH]c(C)c1CNC(c1ccccc1)C1CC1. The lowest BCUT2D eigenvalue weighted by Crippen LogP contribution is -2.23. The third kappa shape index (κ3) is 2.71. The van der Waals surface area contributed by atoms with Gasteiger partial charge in [0.2, 0.25) is 0 Å². The van der Waals surface area contributed by atoms with Crippen molar-refractivity contribution in [1.29, 1.82) is 0 Å². The fourth-order valence-electron chi connectivity index (χ4n) is 2.69. The van der Waals surface area contributed by atoms with E-state index in [0.29, 0.717) is 6.04 Å². The summed E-state index contributed by atoms with van der Waals surface area (Å²) in [5, 5.41) is 11.0. The lowest BCUT2D eigenvalue weighted by atomic mass is 10.0. The minimum absolute atomic E-state index is 0.481. The fraction of sp³-hybridized carbons (Fsp3) is 0.438. The molecule has 1 aliphatic rings. The van der Waals surface area contributed by atoms with Gasteiger partial charge in [-0.25, -0.2) is 0 Å². The molecule has 100 valence electrons. The summed E-state index contributed by atoms with van der Waals surface area (Å²) in [7, 11) is 0. The number of aromatic amines is 1. The zero-order chi connectivity index (χ0) is 13.2. The second-order valence-corrected chi connectivity index (χ2v) is 5.52. The summed E-state index contributed by atoms with van der Waals surface area (Å²) in [6, 6.07) is 11.3. The Balaban J connectivity index is 1.73. The molecule has 3 heteroatoms. The highest BCUT2D eigenvalue weighted by molar-refractivity contribution is 5.25. The van der Waals surface area contributed by atoms with Crippen molar-refractivity contribution in [3.63, 3.8) is 0 Å². The largest absolute Gasteiger partial charge is 0.305 e. The van der Waals surface area contributed by atoms with Crippen LogP contribution in [0.25, 0.3) is 0 Å². The number of hydrogen-bond donors (Lipinski definition) is 2. The number of nitrogens with one attached hydrogen (secondary N) is 2. The maximum atomic E-state index is 4.26. The molecule has 1 aliphatic carbocycles. The predicted molar refractivity (Wildman–Crippen MR) is 76.8 cm³/mol. The standard InChI is InChI=1S/C16H21N3/c1-11-15(12(2)19-18-11)10-17-16(14-8-9-14)13-6-4-3-5-7-13/h3-7,14,16-17H,8-10H2,1-2H3,(H,18,19).